The Morgan fingerprint density at radius 1 is 1.08 bits per heavy atom. The number of benzene rings is 2. The first-order valence-electron chi connectivity index (χ1n) is 12.4. The molecule has 38 heavy (non-hydrogen) atoms. The molecule has 0 saturated heterocycles. The Bertz CT molecular complexity index is 1760. The van der Waals surface area contributed by atoms with Crippen LogP contribution < -0.4 is 14.9 Å². The highest BCUT2D eigenvalue weighted by Gasteiger charge is 2.33. The average Bonchev–Trinajstić information content (AvgIpc) is 3.34. The van der Waals surface area contributed by atoms with Gasteiger partial charge in [-0.3, -0.25) is 9.36 Å². The zero-order valence-electron chi connectivity index (χ0n) is 21.9. The highest BCUT2D eigenvalue weighted by molar-refractivity contribution is 14.1. The number of aryl methyl sites for hydroxylation is 2. The van der Waals surface area contributed by atoms with Crippen molar-refractivity contribution in [1.29, 1.82) is 0 Å². The van der Waals surface area contributed by atoms with Gasteiger partial charge in [-0.2, -0.15) is 0 Å². The molecule has 0 radical (unpaired) electrons. The van der Waals surface area contributed by atoms with Crippen LogP contribution in [0.3, 0.4) is 0 Å². The van der Waals surface area contributed by atoms with Crippen LogP contribution in [0.2, 0.25) is 0 Å². The number of carbonyl (C=O) groups is 1. The fourth-order valence-electron chi connectivity index (χ4n) is 4.92. The van der Waals surface area contributed by atoms with Crippen LogP contribution in [0.15, 0.2) is 75.7 Å². The van der Waals surface area contributed by atoms with E-state index in [-0.39, 0.29) is 12.2 Å². The number of nitrogens with zero attached hydrogens (tertiary/aromatic N) is 3. The first kappa shape index (κ1) is 26.4. The molecular formula is C30H28IN3O3S. The minimum atomic E-state index is -0.604. The van der Waals surface area contributed by atoms with Gasteiger partial charge < -0.3 is 9.30 Å². The minimum Gasteiger partial charge on any atom is -0.463 e. The first-order valence-corrected chi connectivity index (χ1v) is 14.3. The fraction of sp³-hybridized carbons (Fsp3) is 0.233. The molecule has 2 aromatic carbocycles. The molecule has 0 fully saturated rings. The summed E-state index contributed by atoms with van der Waals surface area (Å²) < 4.78 is 11.0. The summed E-state index contributed by atoms with van der Waals surface area (Å²) in [5, 5.41) is 0. The second-order valence-electron chi connectivity index (χ2n) is 9.35. The monoisotopic (exact) mass is 637 g/mol. The number of thiazole rings is 1. The Kier molecular flexibility index (Phi) is 7.28. The van der Waals surface area contributed by atoms with Gasteiger partial charge in [-0.15, -0.1) is 0 Å². The quantitative estimate of drug-likeness (QED) is 0.226. The van der Waals surface area contributed by atoms with Crippen molar-refractivity contribution in [2.45, 2.75) is 40.7 Å². The Hall–Kier alpha value is -3.24. The van der Waals surface area contributed by atoms with E-state index >= 15 is 0 Å². The molecule has 0 saturated carbocycles. The summed E-state index contributed by atoms with van der Waals surface area (Å²) in [6.45, 7) is 9.96. The Balaban J connectivity index is 1.68. The normalized spacial score (nSPS) is 15.4. The second kappa shape index (κ2) is 10.5. The van der Waals surface area contributed by atoms with Gasteiger partial charge in [0.1, 0.15) is 0 Å². The summed E-state index contributed by atoms with van der Waals surface area (Å²) >= 11 is 3.64. The van der Waals surface area contributed by atoms with Crippen LogP contribution in [-0.4, -0.2) is 21.7 Å². The van der Waals surface area contributed by atoms with Crippen LogP contribution >= 0.6 is 33.9 Å². The van der Waals surface area contributed by atoms with Gasteiger partial charge in [0.05, 0.1) is 28.5 Å². The van der Waals surface area contributed by atoms with Crippen LogP contribution in [0.25, 0.3) is 11.8 Å². The van der Waals surface area contributed by atoms with Crippen molar-refractivity contribution in [2.75, 3.05) is 6.61 Å². The number of ether oxygens (including phenoxy) is 1. The number of carbonyl (C=O) groups excluding carboxylic acids is 1. The average molecular weight is 638 g/mol. The van der Waals surface area contributed by atoms with E-state index in [2.05, 4.69) is 76.3 Å². The third-order valence-corrected chi connectivity index (χ3v) is 8.45. The van der Waals surface area contributed by atoms with Gasteiger partial charge in [0, 0.05) is 20.6 Å². The number of hydrogen-bond donors (Lipinski definition) is 0. The van der Waals surface area contributed by atoms with E-state index in [1.807, 2.05) is 37.3 Å². The highest BCUT2D eigenvalue weighted by Crippen LogP contribution is 2.31. The number of allylic oxidation sites excluding steroid dienone is 1. The number of esters is 1. The molecule has 8 heteroatoms. The Morgan fingerprint density at radius 2 is 1.76 bits per heavy atom. The standard InChI is InChI=1S/C30H28IN3O3S/c1-6-37-29(36)26-19(4)32-30-34(27(26)21-9-7-17(2)8-10-21)28(35)25(38-30)16-22-15-18(3)33(20(22)5)24-13-11-23(31)12-14-24/h7-16,27H,6H2,1-5H3/b25-16-/t27-/m1/s1. The molecule has 1 aliphatic heterocycles. The molecule has 0 bridgehead atoms. The Labute approximate surface area is 238 Å². The molecule has 0 N–H and O–H groups in total. The molecule has 4 aromatic rings. The van der Waals surface area contributed by atoms with E-state index in [9.17, 15) is 9.59 Å². The summed E-state index contributed by atoms with van der Waals surface area (Å²) in [5.41, 5.74) is 6.92. The lowest BCUT2D eigenvalue weighted by Crippen LogP contribution is -2.39. The molecule has 0 spiro atoms. The van der Waals surface area contributed by atoms with Crippen molar-refractivity contribution >= 4 is 46.0 Å². The number of rotatable bonds is 5. The molecule has 5 rings (SSSR count). The topological polar surface area (TPSA) is 65.6 Å². The van der Waals surface area contributed by atoms with E-state index in [1.54, 1.807) is 18.4 Å². The molecule has 2 aromatic heterocycles. The molecule has 6 nitrogen and oxygen atoms in total. The summed E-state index contributed by atoms with van der Waals surface area (Å²) in [7, 11) is 0. The maximum absolute atomic E-state index is 13.9. The zero-order chi connectivity index (χ0) is 27.1. The van der Waals surface area contributed by atoms with Gasteiger partial charge in [-0.1, -0.05) is 41.2 Å². The van der Waals surface area contributed by atoms with E-state index in [0.29, 0.717) is 20.6 Å². The maximum Gasteiger partial charge on any atom is 0.338 e. The summed E-state index contributed by atoms with van der Waals surface area (Å²) in [5.74, 6) is -0.449. The van der Waals surface area contributed by atoms with Gasteiger partial charge >= 0.3 is 5.97 Å². The van der Waals surface area contributed by atoms with Crippen LogP contribution in [0.5, 0.6) is 0 Å². The first-order chi connectivity index (χ1) is 18.2. The number of hydrogen-bond acceptors (Lipinski definition) is 5. The van der Waals surface area contributed by atoms with E-state index in [4.69, 9.17) is 4.74 Å². The van der Waals surface area contributed by atoms with Crippen molar-refractivity contribution in [3.05, 3.63) is 117 Å². The third kappa shape index (κ3) is 4.71. The van der Waals surface area contributed by atoms with Crippen LogP contribution in [0.4, 0.5) is 0 Å². The van der Waals surface area contributed by atoms with Crippen LogP contribution in [0, 0.1) is 24.3 Å². The lowest BCUT2D eigenvalue weighted by molar-refractivity contribution is -0.139. The van der Waals surface area contributed by atoms with Crippen molar-refractivity contribution in [3.63, 3.8) is 0 Å². The molecule has 194 valence electrons. The predicted octanol–water partition coefficient (Wildman–Crippen LogP) is 5.12. The second-order valence-corrected chi connectivity index (χ2v) is 11.6. The molecule has 0 unspecified atom stereocenters. The largest absolute Gasteiger partial charge is 0.463 e. The Morgan fingerprint density at radius 3 is 2.42 bits per heavy atom. The number of fused-ring (bicyclic) bond motifs is 1. The molecular weight excluding hydrogens is 609 g/mol. The maximum atomic E-state index is 13.9. The van der Waals surface area contributed by atoms with Gasteiger partial charge in [0.25, 0.3) is 5.56 Å². The van der Waals surface area contributed by atoms with Crippen molar-refractivity contribution in [3.8, 4) is 5.69 Å². The lowest BCUT2D eigenvalue weighted by Gasteiger charge is -2.24. The van der Waals surface area contributed by atoms with Gasteiger partial charge in [-0.25, -0.2) is 9.79 Å². The summed E-state index contributed by atoms with van der Waals surface area (Å²) in [4.78, 5) is 32.2. The van der Waals surface area contributed by atoms with E-state index in [0.717, 1.165) is 33.8 Å². The van der Waals surface area contributed by atoms with E-state index in [1.165, 1.54) is 14.9 Å². The summed E-state index contributed by atoms with van der Waals surface area (Å²) in [6.07, 6.45) is 1.94. The van der Waals surface area contributed by atoms with Crippen LogP contribution in [-0.2, 0) is 9.53 Å². The van der Waals surface area contributed by atoms with Crippen molar-refractivity contribution in [1.82, 2.24) is 9.13 Å². The molecule has 0 amide bonds. The van der Waals surface area contributed by atoms with Gasteiger partial charge in [-0.05, 0) is 105 Å². The molecule has 3 heterocycles. The van der Waals surface area contributed by atoms with Crippen molar-refractivity contribution in [2.24, 2.45) is 4.99 Å². The highest BCUT2D eigenvalue weighted by atomic mass is 127. The number of halogens is 1. The fourth-order valence-corrected chi connectivity index (χ4v) is 6.32. The van der Waals surface area contributed by atoms with Gasteiger partial charge in [0.2, 0.25) is 0 Å². The molecule has 1 aliphatic rings. The number of aromatic nitrogens is 2. The third-order valence-electron chi connectivity index (χ3n) is 6.75. The predicted molar refractivity (Wildman–Crippen MR) is 160 cm³/mol. The van der Waals surface area contributed by atoms with Crippen LogP contribution in [0.1, 0.15) is 48.0 Å². The summed E-state index contributed by atoms with van der Waals surface area (Å²) in [6, 6.07) is 17.8. The minimum absolute atomic E-state index is 0.173. The SMILES string of the molecule is CCOC(=O)C1=C(C)N=c2s/c(=C\c3cc(C)n(-c4ccc(I)cc4)c3C)c(=O)n2[C@@H]1c1ccc(C)cc1. The lowest BCUT2D eigenvalue weighted by atomic mass is 9.95. The van der Waals surface area contributed by atoms with E-state index < -0.39 is 12.0 Å². The van der Waals surface area contributed by atoms with Gasteiger partial charge in [0.15, 0.2) is 4.80 Å². The molecule has 1 atom stereocenters. The smallest absolute Gasteiger partial charge is 0.338 e. The zero-order valence-corrected chi connectivity index (χ0v) is 24.9. The molecule has 0 aliphatic carbocycles. The van der Waals surface area contributed by atoms with Crippen molar-refractivity contribution < 1.29 is 9.53 Å².